The summed E-state index contributed by atoms with van der Waals surface area (Å²) in [4.78, 5) is 22.1. The number of amides is 1. The van der Waals surface area contributed by atoms with E-state index in [9.17, 15) is 4.79 Å². The van der Waals surface area contributed by atoms with E-state index in [0.29, 0.717) is 22.8 Å². The number of hydrogen-bond donors (Lipinski definition) is 1. The lowest BCUT2D eigenvalue weighted by Gasteiger charge is -2.05. The van der Waals surface area contributed by atoms with Gasteiger partial charge in [-0.05, 0) is 26.0 Å². The Balaban J connectivity index is 1.47. The first-order valence-electron chi connectivity index (χ1n) is 9.65. The maximum absolute atomic E-state index is 13.2. The molecule has 0 radical (unpaired) electrons. The van der Waals surface area contributed by atoms with Crippen LogP contribution < -0.4 is 5.32 Å². The van der Waals surface area contributed by atoms with Crippen LogP contribution in [0, 0.1) is 13.8 Å². The number of pyridine rings is 1. The highest BCUT2D eigenvalue weighted by Gasteiger charge is 2.21. The standard InChI is InChI=1S/C22H19N5O2S2/c1-12-10-30-22(24-12)31-11-17-15-6-4-5-7-18(15)29-19(17)21(28)25-14-8-16-13(2)26-27(3)20(16)23-9-14/h4-10H,11H2,1-3H3,(H,25,28). The molecule has 1 N–H and O–H groups in total. The van der Waals surface area contributed by atoms with Gasteiger partial charge in [0.25, 0.3) is 5.91 Å². The van der Waals surface area contributed by atoms with E-state index in [2.05, 4.69) is 20.4 Å². The van der Waals surface area contributed by atoms with Crippen molar-refractivity contribution in [3.8, 4) is 0 Å². The van der Waals surface area contributed by atoms with Crippen molar-refractivity contribution in [2.24, 2.45) is 7.05 Å². The fourth-order valence-corrected chi connectivity index (χ4v) is 5.40. The molecule has 0 saturated heterocycles. The second-order valence-corrected chi connectivity index (χ2v) is 9.29. The number of thioether (sulfide) groups is 1. The van der Waals surface area contributed by atoms with Gasteiger partial charge >= 0.3 is 0 Å². The van der Waals surface area contributed by atoms with E-state index in [0.717, 1.165) is 37.7 Å². The van der Waals surface area contributed by atoms with E-state index in [4.69, 9.17) is 4.42 Å². The number of aryl methyl sites for hydroxylation is 3. The van der Waals surface area contributed by atoms with Crippen molar-refractivity contribution >= 4 is 56.7 Å². The van der Waals surface area contributed by atoms with E-state index in [1.807, 2.05) is 56.6 Å². The molecule has 156 valence electrons. The summed E-state index contributed by atoms with van der Waals surface area (Å²) in [7, 11) is 1.85. The number of benzene rings is 1. The van der Waals surface area contributed by atoms with Crippen LogP contribution in [0.1, 0.15) is 27.5 Å². The minimum absolute atomic E-state index is 0.301. The molecule has 0 unspecified atom stereocenters. The summed E-state index contributed by atoms with van der Waals surface area (Å²) in [5, 5.41) is 11.2. The topological polar surface area (TPSA) is 85.8 Å². The van der Waals surface area contributed by atoms with Gasteiger partial charge in [-0.3, -0.25) is 9.48 Å². The normalized spacial score (nSPS) is 11.5. The van der Waals surface area contributed by atoms with Crippen molar-refractivity contribution in [1.29, 1.82) is 0 Å². The van der Waals surface area contributed by atoms with Gasteiger partial charge < -0.3 is 9.73 Å². The fourth-order valence-electron chi connectivity index (χ4n) is 3.52. The molecule has 5 rings (SSSR count). The summed E-state index contributed by atoms with van der Waals surface area (Å²) in [6.07, 6.45) is 1.64. The number of para-hydroxylation sites is 1. The lowest BCUT2D eigenvalue weighted by molar-refractivity contribution is 0.0998. The molecule has 7 nitrogen and oxygen atoms in total. The molecule has 0 fully saturated rings. The number of anilines is 1. The van der Waals surface area contributed by atoms with Crippen LogP contribution in [0.5, 0.6) is 0 Å². The number of fused-ring (bicyclic) bond motifs is 2. The number of hydrogen-bond acceptors (Lipinski definition) is 7. The van der Waals surface area contributed by atoms with Crippen molar-refractivity contribution in [2.75, 3.05) is 5.32 Å². The van der Waals surface area contributed by atoms with Crippen LogP contribution in [0.3, 0.4) is 0 Å². The molecule has 31 heavy (non-hydrogen) atoms. The van der Waals surface area contributed by atoms with Crippen molar-refractivity contribution in [1.82, 2.24) is 19.7 Å². The molecule has 0 atom stereocenters. The smallest absolute Gasteiger partial charge is 0.291 e. The fraction of sp³-hybridized carbons (Fsp3) is 0.182. The molecule has 0 bridgehead atoms. The Kier molecular flexibility index (Phi) is 4.99. The van der Waals surface area contributed by atoms with Crippen molar-refractivity contribution in [2.45, 2.75) is 23.9 Å². The Morgan fingerprint density at radius 1 is 1.26 bits per heavy atom. The van der Waals surface area contributed by atoms with Gasteiger partial charge in [0.05, 0.1) is 17.6 Å². The summed E-state index contributed by atoms with van der Waals surface area (Å²) in [5.41, 5.74) is 4.78. The van der Waals surface area contributed by atoms with Crippen LogP contribution >= 0.6 is 23.1 Å². The molecule has 1 amide bonds. The quantitative estimate of drug-likeness (QED) is 0.365. The minimum Gasteiger partial charge on any atom is -0.451 e. The highest BCUT2D eigenvalue weighted by molar-refractivity contribution is 8.00. The average molecular weight is 450 g/mol. The minimum atomic E-state index is -0.301. The van der Waals surface area contributed by atoms with Gasteiger partial charge in [0.1, 0.15) is 9.92 Å². The van der Waals surface area contributed by atoms with Gasteiger partial charge in [0, 0.05) is 40.2 Å². The summed E-state index contributed by atoms with van der Waals surface area (Å²) in [6, 6.07) is 9.59. The van der Waals surface area contributed by atoms with Crippen LogP contribution in [0.25, 0.3) is 22.0 Å². The molecule has 0 aliphatic heterocycles. The first-order valence-corrected chi connectivity index (χ1v) is 11.5. The number of furan rings is 1. The maximum Gasteiger partial charge on any atom is 0.291 e. The lowest BCUT2D eigenvalue weighted by atomic mass is 10.1. The van der Waals surface area contributed by atoms with Crippen LogP contribution in [0.4, 0.5) is 5.69 Å². The van der Waals surface area contributed by atoms with Crippen molar-refractivity contribution < 1.29 is 9.21 Å². The summed E-state index contributed by atoms with van der Waals surface area (Å²) >= 11 is 3.20. The molecule has 4 aromatic heterocycles. The molecular formula is C22H19N5O2S2. The van der Waals surface area contributed by atoms with Gasteiger partial charge in [-0.15, -0.1) is 11.3 Å². The number of carbonyl (C=O) groups is 1. The molecule has 4 heterocycles. The van der Waals surface area contributed by atoms with E-state index < -0.39 is 0 Å². The SMILES string of the molecule is Cc1csc(SCc2c(C(=O)Nc3cnc4c(c3)c(C)nn4C)oc3ccccc23)n1. The summed E-state index contributed by atoms with van der Waals surface area (Å²) in [5.74, 6) is 0.598. The van der Waals surface area contributed by atoms with E-state index in [1.165, 1.54) is 0 Å². The predicted octanol–water partition coefficient (Wildman–Crippen LogP) is 5.33. The Morgan fingerprint density at radius 2 is 2.10 bits per heavy atom. The van der Waals surface area contributed by atoms with Gasteiger partial charge in [-0.25, -0.2) is 9.97 Å². The molecule has 1 aromatic carbocycles. The second kappa shape index (κ2) is 7.82. The molecular weight excluding hydrogens is 430 g/mol. The Hall–Kier alpha value is -3.17. The number of nitrogens with one attached hydrogen (secondary N) is 1. The number of thiazole rings is 1. The molecule has 0 spiro atoms. The maximum atomic E-state index is 13.2. The summed E-state index contributed by atoms with van der Waals surface area (Å²) < 4.78 is 8.66. The monoisotopic (exact) mass is 449 g/mol. The number of nitrogens with zero attached hydrogens (tertiary/aromatic N) is 4. The third-order valence-corrected chi connectivity index (χ3v) is 7.13. The second-order valence-electron chi connectivity index (χ2n) is 7.21. The third-order valence-electron chi connectivity index (χ3n) is 4.96. The highest BCUT2D eigenvalue weighted by atomic mass is 32.2. The highest BCUT2D eigenvalue weighted by Crippen LogP contribution is 2.33. The Bertz CT molecular complexity index is 1430. The van der Waals surface area contributed by atoms with E-state index >= 15 is 0 Å². The van der Waals surface area contributed by atoms with E-state index in [1.54, 1.807) is 34.0 Å². The first-order chi connectivity index (χ1) is 15.0. The van der Waals surface area contributed by atoms with Gasteiger partial charge in [0.15, 0.2) is 11.4 Å². The van der Waals surface area contributed by atoms with Crippen LogP contribution in [-0.4, -0.2) is 25.7 Å². The van der Waals surface area contributed by atoms with Crippen LogP contribution in [0.2, 0.25) is 0 Å². The van der Waals surface area contributed by atoms with Crippen LogP contribution in [0.15, 0.2) is 50.7 Å². The largest absolute Gasteiger partial charge is 0.451 e. The number of aromatic nitrogens is 4. The molecule has 0 aliphatic carbocycles. The van der Waals surface area contributed by atoms with Crippen molar-refractivity contribution in [3.05, 3.63) is 64.6 Å². The Morgan fingerprint density at radius 3 is 2.90 bits per heavy atom. The molecule has 5 aromatic rings. The predicted molar refractivity (Wildman–Crippen MR) is 124 cm³/mol. The zero-order valence-electron chi connectivity index (χ0n) is 17.2. The number of carbonyl (C=O) groups excluding carboxylic acids is 1. The first kappa shape index (κ1) is 19.8. The average Bonchev–Trinajstić information content (AvgIpc) is 3.42. The third kappa shape index (κ3) is 3.70. The van der Waals surface area contributed by atoms with Crippen LogP contribution in [-0.2, 0) is 12.8 Å². The zero-order valence-corrected chi connectivity index (χ0v) is 18.8. The lowest BCUT2D eigenvalue weighted by Crippen LogP contribution is -2.13. The number of rotatable bonds is 5. The van der Waals surface area contributed by atoms with Gasteiger partial charge in [-0.2, -0.15) is 5.10 Å². The molecule has 0 saturated carbocycles. The molecule has 0 aliphatic rings. The zero-order chi connectivity index (χ0) is 21.5. The Labute approximate surface area is 186 Å². The summed E-state index contributed by atoms with van der Waals surface area (Å²) in [6.45, 7) is 3.89. The van der Waals surface area contributed by atoms with Crippen molar-refractivity contribution in [3.63, 3.8) is 0 Å². The molecule has 9 heteroatoms. The van der Waals surface area contributed by atoms with Gasteiger partial charge in [0.2, 0.25) is 0 Å². The van der Waals surface area contributed by atoms with E-state index in [-0.39, 0.29) is 5.91 Å². The van der Waals surface area contributed by atoms with Gasteiger partial charge in [-0.1, -0.05) is 30.0 Å².